The molecule has 4 bridgehead atoms. The van der Waals surface area contributed by atoms with Crippen molar-refractivity contribution in [3.8, 4) is 11.1 Å². The number of aryl methyl sites for hydroxylation is 1. The standard InChI is InChI=1S/C21H25.C16H21.C8H8.2ClH.Zr/c1-20(2,3)16-9-7-14-11-15-8-10-17(21(4,5)6)13-19(15)18(14)12-16;1-11-2-3-15(4-11)16-8-12-5-13(9-16)7-14(6-12)10-16;1-2-8-6-4-3-5-7-8;;;/h7,9-10,12-13H,11H2,1-6H3;2-4,12-14H,5-10H2,1H3;1,3-7H,2H2;2*1H;/q2*-1;;;;+2/p-2. The van der Waals surface area contributed by atoms with Crippen molar-refractivity contribution in [3.63, 3.8) is 0 Å². The predicted molar refractivity (Wildman–Crippen MR) is 194 cm³/mol. The number of hydrogen-bond donors (Lipinski definition) is 0. The van der Waals surface area contributed by atoms with Gasteiger partial charge in [-0.3, -0.25) is 0 Å². The summed E-state index contributed by atoms with van der Waals surface area (Å²) in [6.45, 7) is 15.9. The molecule has 4 aromatic carbocycles. The van der Waals surface area contributed by atoms with Gasteiger partial charge >= 0.3 is 70.3 Å². The summed E-state index contributed by atoms with van der Waals surface area (Å²) in [7, 11) is 0. The molecule has 0 atom stereocenters. The van der Waals surface area contributed by atoms with Crippen molar-refractivity contribution in [3.05, 3.63) is 124 Å². The first kappa shape index (κ1) is 39.1. The van der Waals surface area contributed by atoms with Gasteiger partial charge in [0, 0.05) is 0 Å². The summed E-state index contributed by atoms with van der Waals surface area (Å²) in [6.07, 6.45) is 11.3. The SMILES string of the molecule is CC(C)(C)c1c[c-]c2c(c1)-c1cc(C(C)(C)C)ccc1C2.Cc1cc(C23CC4CC(CC(C4)C2)C3)c[cH-]1.[Cl-].[Cl-].[Zr+2]=[CH]Cc1ccccc1. The molecule has 0 spiro atoms. The molecule has 4 aromatic rings. The minimum atomic E-state index is 0. The van der Waals surface area contributed by atoms with Crippen molar-refractivity contribution >= 4 is 3.71 Å². The van der Waals surface area contributed by atoms with E-state index in [1.54, 1.807) is 24.8 Å². The van der Waals surface area contributed by atoms with Crippen molar-refractivity contribution in [1.29, 1.82) is 0 Å². The van der Waals surface area contributed by atoms with Crippen LogP contribution in [0.2, 0.25) is 0 Å². The van der Waals surface area contributed by atoms with Crippen LogP contribution in [0.4, 0.5) is 0 Å². The third-order valence-electron chi connectivity index (χ3n) is 11.3. The second-order valence-electron chi connectivity index (χ2n) is 17.1. The molecular formula is C45H54Cl2Zr-2. The Morgan fingerprint density at radius 3 is 1.90 bits per heavy atom. The molecule has 4 saturated carbocycles. The maximum atomic E-state index is 3.53. The second-order valence-corrected chi connectivity index (χ2v) is 18.1. The molecule has 0 amide bonds. The van der Waals surface area contributed by atoms with Gasteiger partial charge in [-0.1, -0.05) is 108 Å². The van der Waals surface area contributed by atoms with E-state index in [2.05, 4.69) is 131 Å². The second kappa shape index (κ2) is 15.7. The van der Waals surface area contributed by atoms with Crippen molar-refractivity contribution < 1.29 is 49.0 Å². The van der Waals surface area contributed by atoms with Crippen LogP contribution in [0, 0.1) is 30.7 Å². The van der Waals surface area contributed by atoms with E-state index in [0.29, 0.717) is 5.41 Å². The first-order valence-electron chi connectivity index (χ1n) is 17.8. The van der Waals surface area contributed by atoms with E-state index >= 15 is 0 Å². The van der Waals surface area contributed by atoms with E-state index in [0.717, 1.165) is 30.6 Å². The third-order valence-corrected chi connectivity index (χ3v) is 11.8. The van der Waals surface area contributed by atoms with E-state index in [4.69, 9.17) is 0 Å². The number of hydrogen-bond acceptors (Lipinski definition) is 0. The van der Waals surface area contributed by atoms with Gasteiger partial charge in [0.25, 0.3) is 0 Å². The van der Waals surface area contributed by atoms with Crippen molar-refractivity contribution in [2.75, 3.05) is 0 Å². The molecule has 0 nitrogen and oxygen atoms in total. The van der Waals surface area contributed by atoms with Crippen LogP contribution in [0.3, 0.4) is 0 Å². The van der Waals surface area contributed by atoms with Crippen molar-refractivity contribution in [1.82, 2.24) is 0 Å². The van der Waals surface area contributed by atoms with Crippen LogP contribution in [0.25, 0.3) is 11.1 Å². The molecular weight excluding hydrogens is 703 g/mol. The molecule has 5 aliphatic carbocycles. The summed E-state index contributed by atoms with van der Waals surface area (Å²) in [6, 6.07) is 32.8. The van der Waals surface area contributed by atoms with Crippen molar-refractivity contribution in [2.24, 2.45) is 17.8 Å². The van der Waals surface area contributed by atoms with Gasteiger partial charge in [0.05, 0.1) is 0 Å². The van der Waals surface area contributed by atoms with Gasteiger partial charge in [0.15, 0.2) is 0 Å². The Kier molecular flexibility index (Phi) is 12.8. The third kappa shape index (κ3) is 8.79. The molecule has 254 valence electrons. The molecule has 0 aliphatic heterocycles. The Balaban J connectivity index is 0.000000171. The fourth-order valence-electron chi connectivity index (χ4n) is 9.07. The molecule has 0 unspecified atom stereocenters. The van der Waals surface area contributed by atoms with E-state index in [9.17, 15) is 0 Å². The van der Waals surface area contributed by atoms with Crippen LogP contribution in [0.1, 0.15) is 119 Å². The van der Waals surface area contributed by atoms with Crippen molar-refractivity contribution in [2.45, 2.75) is 116 Å². The summed E-state index contributed by atoms with van der Waals surface area (Å²) < 4.78 is 2.25. The molecule has 3 heteroatoms. The quantitative estimate of drug-likeness (QED) is 0.216. The normalized spacial score (nSPS) is 22.9. The van der Waals surface area contributed by atoms with E-state index in [1.807, 2.05) is 6.07 Å². The average molecular weight is 757 g/mol. The van der Waals surface area contributed by atoms with Gasteiger partial charge in [0.1, 0.15) is 0 Å². The van der Waals surface area contributed by atoms with Crippen LogP contribution in [0.5, 0.6) is 0 Å². The van der Waals surface area contributed by atoms with E-state index in [-0.39, 0.29) is 35.6 Å². The molecule has 0 aromatic heterocycles. The van der Waals surface area contributed by atoms with Crippen LogP contribution in [-0.4, -0.2) is 3.71 Å². The molecule has 0 heterocycles. The van der Waals surface area contributed by atoms with Gasteiger partial charge < -0.3 is 24.8 Å². The summed E-state index contributed by atoms with van der Waals surface area (Å²) in [5, 5.41) is 0. The monoisotopic (exact) mass is 754 g/mol. The molecule has 0 radical (unpaired) electrons. The Labute approximate surface area is 319 Å². The van der Waals surface area contributed by atoms with Crippen LogP contribution in [0.15, 0.2) is 78.9 Å². The Morgan fingerprint density at radius 2 is 1.38 bits per heavy atom. The summed E-state index contributed by atoms with van der Waals surface area (Å²) in [4.78, 5) is 0. The number of rotatable bonds is 3. The Bertz CT molecular complexity index is 1570. The molecule has 5 aliphatic rings. The molecule has 0 N–H and O–H groups in total. The van der Waals surface area contributed by atoms with E-state index < -0.39 is 0 Å². The Morgan fingerprint density at radius 1 is 0.792 bits per heavy atom. The molecule has 0 saturated heterocycles. The van der Waals surface area contributed by atoms with Crippen LogP contribution in [-0.2, 0) is 53.3 Å². The minimum absolute atomic E-state index is 0. The number of benzene rings is 3. The van der Waals surface area contributed by atoms with Gasteiger partial charge in [-0.25, -0.2) is 6.07 Å². The zero-order chi connectivity index (χ0) is 32.7. The number of halogens is 2. The fourth-order valence-corrected chi connectivity index (χ4v) is 9.65. The summed E-state index contributed by atoms with van der Waals surface area (Å²) in [5.74, 6) is 3.21. The first-order chi connectivity index (χ1) is 21.8. The van der Waals surface area contributed by atoms with Crippen LogP contribution >= 0.6 is 0 Å². The summed E-state index contributed by atoms with van der Waals surface area (Å²) >= 11 is 1.51. The number of fused-ring (bicyclic) bond motifs is 3. The molecule has 48 heavy (non-hydrogen) atoms. The van der Waals surface area contributed by atoms with Gasteiger partial charge in [-0.05, 0) is 54.4 Å². The fraction of sp³-hybridized carbons (Fsp3) is 0.467. The Hall–Kier alpha value is -1.66. The first-order valence-corrected chi connectivity index (χ1v) is 19.2. The maximum absolute atomic E-state index is 3.53. The molecule has 4 fully saturated rings. The van der Waals surface area contributed by atoms with E-state index in [1.165, 1.54) is 88.0 Å². The zero-order valence-electron chi connectivity index (χ0n) is 30.2. The summed E-state index contributed by atoms with van der Waals surface area (Å²) in [5.41, 5.74) is 13.9. The zero-order valence-corrected chi connectivity index (χ0v) is 34.2. The topological polar surface area (TPSA) is 0 Å². The average Bonchev–Trinajstić information content (AvgIpc) is 3.60. The van der Waals surface area contributed by atoms with Crippen LogP contribution < -0.4 is 24.8 Å². The van der Waals surface area contributed by atoms with Gasteiger partial charge in [-0.2, -0.15) is 52.6 Å². The van der Waals surface area contributed by atoms with Gasteiger partial charge in [-0.15, -0.1) is 5.56 Å². The van der Waals surface area contributed by atoms with Gasteiger partial charge in [0.2, 0.25) is 0 Å². The predicted octanol–water partition coefficient (Wildman–Crippen LogP) is 5.42. The molecule has 9 rings (SSSR count).